The molecule has 1 saturated carbocycles. The molecule has 3 aromatic heterocycles. The summed E-state index contributed by atoms with van der Waals surface area (Å²) in [4.78, 5) is 17.6. The van der Waals surface area contributed by atoms with E-state index in [1.807, 2.05) is 13.1 Å². The number of hydrogen-bond acceptors (Lipinski definition) is 5. The Bertz CT molecular complexity index is 1150. The van der Waals surface area contributed by atoms with Crippen LogP contribution in [0.25, 0.3) is 16.9 Å². The minimum Gasteiger partial charge on any atom is -0.348 e. The normalized spacial score (nSPS) is 20.1. The van der Waals surface area contributed by atoms with Gasteiger partial charge in [0.05, 0.1) is 5.69 Å². The maximum atomic E-state index is 13.3. The van der Waals surface area contributed by atoms with E-state index in [-0.39, 0.29) is 23.3 Å². The average molecular weight is 466 g/mol. The van der Waals surface area contributed by atoms with Crippen molar-refractivity contribution in [3.05, 3.63) is 35.4 Å². The minimum absolute atomic E-state index is 0.0933. The van der Waals surface area contributed by atoms with E-state index in [0.717, 1.165) is 53.7 Å². The van der Waals surface area contributed by atoms with Gasteiger partial charge in [0.1, 0.15) is 6.33 Å². The molecule has 1 aliphatic carbocycles. The molecule has 1 amide bonds. The molecule has 0 aromatic carbocycles. The van der Waals surface area contributed by atoms with Gasteiger partial charge >= 0.3 is 0 Å². The van der Waals surface area contributed by atoms with Crippen molar-refractivity contribution >= 4 is 11.6 Å². The van der Waals surface area contributed by atoms with Crippen LogP contribution in [-0.2, 0) is 0 Å². The minimum atomic E-state index is -0.0933. The van der Waals surface area contributed by atoms with Crippen molar-refractivity contribution in [3.63, 3.8) is 0 Å². The number of fused-ring (bicyclic) bond motifs is 1. The number of nitrogens with one attached hydrogen (secondary N) is 3. The van der Waals surface area contributed by atoms with E-state index in [4.69, 9.17) is 0 Å². The molecule has 0 aliphatic heterocycles. The lowest BCUT2D eigenvalue weighted by atomic mass is 9.85. The van der Waals surface area contributed by atoms with Gasteiger partial charge in [-0.05, 0) is 62.5 Å². The molecule has 4 rings (SSSR count). The molecule has 8 nitrogen and oxygen atoms in total. The zero-order valence-electron chi connectivity index (χ0n) is 21.6. The molecule has 184 valence electrons. The van der Waals surface area contributed by atoms with Crippen LogP contribution in [0.3, 0.4) is 0 Å². The number of H-pyrrole nitrogens is 1. The van der Waals surface area contributed by atoms with Crippen LogP contribution in [0.1, 0.15) is 94.8 Å². The number of rotatable bonds is 6. The molecule has 3 aromatic rings. The summed E-state index contributed by atoms with van der Waals surface area (Å²) in [6.45, 7) is 15.3. The summed E-state index contributed by atoms with van der Waals surface area (Å²) in [5.41, 5.74) is 5.34. The topological polar surface area (TPSA) is 100 Å². The molecule has 3 N–H and O–H groups in total. The predicted molar refractivity (Wildman–Crippen MR) is 135 cm³/mol. The third kappa shape index (κ3) is 5.02. The number of pyridine rings is 1. The Labute approximate surface area is 202 Å². The molecule has 0 radical (unpaired) electrons. The van der Waals surface area contributed by atoms with E-state index in [2.05, 4.69) is 78.5 Å². The quantitative estimate of drug-likeness (QED) is 0.493. The van der Waals surface area contributed by atoms with E-state index in [1.54, 1.807) is 10.8 Å². The molecular formula is C26H39N7O. The van der Waals surface area contributed by atoms with Crippen LogP contribution in [0, 0.1) is 12.3 Å². The van der Waals surface area contributed by atoms with Crippen molar-refractivity contribution in [2.24, 2.45) is 5.41 Å². The highest BCUT2D eigenvalue weighted by Crippen LogP contribution is 2.31. The van der Waals surface area contributed by atoms with Crippen LogP contribution in [0.5, 0.6) is 0 Å². The van der Waals surface area contributed by atoms with Gasteiger partial charge in [-0.3, -0.25) is 9.89 Å². The lowest BCUT2D eigenvalue weighted by molar-refractivity contribution is 0.0916. The van der Waals surface area contributed by atoms with Gasteiger partial charge in [0.15, 0.2) is 11.3 Å². The second kappa shape index (κ2) is 9.49. The lowest BCUT2D eigenvalue weighted by Crippen LogP contribution is -2.48. The van der Waals surface area contributed by atoms with Crippen LogP contribution in [-0.4, -0.2) is 48.8 Å². The Morgan fingerprint density at radius 2 is 1.82 bits per heavy atom. The first kappa shape index (κ1) is 24.4. The zero-order chi connectivity index (χ0) is 24.6. The summed E-state index contributed by atoms with van der Waals surface area (Å²) in [5.74, 6) is 0.0456. The first-order chi connectivity index (χ1) is 16.0. The molecule has 1 aliphatic rings. The summed E-state index contributed by atoms with van der Waals surface area (Å²) < 4.78 is 1.77. The fourth-order valence-electron chi connectivity index (χ4n) is 4.80. The van der Waals surface area contributed by atoms with E-state index in [9.17, 15) is 4.79 Å². The third-order valence-corrected chi connectivity index (χ3v) is 7.29. The van der Waals surface area contributed by atoms with Crippen molar-refractivity contribution in [2.75, 3.05) is 0 Å². The number of carbonyl (C=O) groups excluding carboxylic acids is 1. The smallest absolute Gasteiger partial charge is 0.272 e. The largest absolute Gasteiger partial charge is 0.348 e. The Hall–Kier alpha value is -2.74. The first-order valence-corrected chi connectivity index (χ1v) is 12.5. The number of aryl methyl sites for hydroxylation is 1. The van der Waals surface area contributed by atoms with Crippen LogP contribution < -0.4 is 10.6 Å². The van der Waals surface area contributed by atoms with Crippen LogP contribution >= 0.6 is 0 Å². The molecule has 34 heavy (non-hydrogen) atoms. The number of nitrogens with zero attached hydrogens (tertiary/aromatic N) is 4. The fourth-order valence-corrected chi connectivity index (χ4v) is 4.80. The van der Waals surface area contributed by atoms with Gasteiger partial charge in [0.2, 0.25) is 0 Å². The summed E-state index contributed by atoms with van der Waals surface area (Å²) in [6, 6.07) is 3.22. The molecule has 0 spiro atoms. The summed E-state index contributed by atoms with van der Waals surface area (Å²) in [7, 11) is 0. The molecule has 1 atom stereocenters. The maximum absolute atomic E-state index is 13.3. The van der Waals surface area contributed by atoms with Crippen molar-refractivity contribution in [1.29, 1.82) is 0 Å². The molecule has 0 bridgehead atoms. The summed E-state index contributed by atoms with van der Waals surface area (Å²) in [6.07, 6.45) is 7.60. The Morgan fingerprint density at radius 1 is 1.15 bits per heavy atom. The lowest BCUT2D eigenvalue weighted by Gasteiger charge is -2.36. The highest BCUT2D eigenvalue weighted by molar-refractivity contribution is 5.96. The third-order valence-electron chi connectivity index (χ3n) is 7.29. The monoisotopic (exact) mass is 465 g/mol. The number of aromatic nitrogens is 5. The molecule has 1 unspecified atom stereocenters. The Morgan fingerprint density at radius 3 is 2.47 bits per heavy atom. The van der Waals surface area contributed by atoms with Crippen molar-refractivity contribution in [3.8, 4) is 11.3 Å². The summed E-state index contributed by atoms with van der Waals surface area (Å²) >= 11 is 0. The molecular weight excluding hydrogens is 426 g/mol. The van der Waals surface area contributed by atoms with E-state index in [0.29, 0.717) is 17.8 Å². The number of hydrogen-bond donors (Lipinski definition) is 3. The van der Waals surface area contributed by atoms with Crippen molar-refractivity contribution in [1.82, 2.24) is 35.4 Å². The van der Waals surface area contributed by atoms with E-state index >= 15 is 0 Å². The van der Waals surface area contributed by atoms with Crippen molar-refractivity contribution < 1.29 is 4.79 Å². The first-order valence-electron chi connectivity index (χ1n) is 12.5. The number of amides is 1. The SMILES string of the molecule is Cc1cc(-c2[nH]nc(C(=O)NC3CCC(NC(C)C(C)(C)C)CC3)c2C(C)C)cn2ncnc12. The highest BCUT2D eigenvalue weighted by atomic mass is 16.2. The molecule has 8 heteroatoms. The van der Waals surface area contributed by atoms with Gasteiger partial charge in [-0.15, -0.1) is 0 Å². The molecule has 3 heterocycles. The Kier molecular flexibility index (Phi) is 6.80. The zero-order valence-corrected chi connectivity index (χ0v) is 21.6. The number of aromatic amines is 1. The predicted octanol–water partition coefficient (Wildman–Crippen LogP) is 4.62. The molecule has 1 fully saturated rings. The average Bonchev–Trinajstić information content (AvgIpc) is 3.41. The van der Waals surface area contributed by atoms with Crippen LogP contribution in [0.4, 0.5) is 0 Å². The van der Waals surface area contributed by atoms with E-state index < -0.39 is 0 Å². The number of carbonyl (C=O) groups is 1. The second-order valence-corrected chi connectivity index (χ2v) is 11.2. The highest BCUT2D eigenvalue weighted by Gasteiger charge is 2.29. The van der Waals surface area contributed by atoms with Crippen LogP contribution in [0.2, 0.25) is 0 Å². The van der Waals surface area contributed by atoms with Crippen molar-refractivity contribution in [2.45, 2.75) is 98.2 Å². The van der Waals surface area contributed by atoms with E-state index in [1.165, 1.54) is 0 Å². The van der Waals surface area contributed by atoms with Gasteiger partial charge in [0.25, 0.3) is 5.91 Å². The van der Waals surface area contributed by atoms with Gasteiger partial charge in [-0.1, -0.05) is 34.6 Å². The fraction of sp³-hybridized carbons (Fsp3) is 0.615. The van der Waals surface area contributed by atoms with Gasteiger partial charge in [-0.2, -0.15) is 10.2 Å². The second-order valence-electron chi connectivity index (χ2n) is 11.2. The van der Waals surface area contributed by atoms with Crippen LogP contribution in [0.15, 0.2) is 18.6 Å². The maximum Gasteiger partial charge on any atom is 0.272 e. The van der Waals surface area contributed by atoms with Gasteiger partial charge in [-0.25, -0.2) is 9.50 Å². The standard InChI is InChI=1S/C26H39N7O/c1-15(2)21-22(18-12-16(3)24-27-14-28-33(24)13-18)31-32-23(21)25(34)30-20-10-8-19(9-11-20)29-17(4)26(5,6)7/h12-15,17,19-20,29H,8-11H2,1-7H3,(H,30,34)(H,31,32). The molecule has 0 saturated heterocycles. The summed E-state index contributed by atoms with van der Waals surface area (Å²) in [5, 5.41) is 18.9. The Balaban J connectivity index is 1.46. The van der Waals surface area contributed by atoms with Gasteiger partial charge in [0, 0.05) is 35.4 Å². The van der Waals surface area contributed by atoms with Gasteiger partial charge < -0.3 is 10.6 Å².